The molecule has 0 bridgehead atoms. The summed E-state index contributed by atoms with van der Waals surface area (Å²) in [5, 5.41) is 1.99. The molecule has 0 spiro atoms. The number of hydrogen-bond donors (Lipinski definition) is 1. The predicted molar refractivity (Wildman–Crippen MR) is 85.4 cm³/mol. The van der Waals surface area contributed by atoms with E-state index in [9.17, 15) is 27.6 Å². The van der Waals surface area contributed by atoms with Crippen molar-refractivity contribution >= 4 is 22.8 Å². The molecule has 0 unspecified atom stereocenters. The summed E-state index contributed by atoms with van der Waals surface area (Å²) in [5.41, 5.74) is 1.09. The topological polar surface area (TPSA) is 90.3 Å². The molecule has 0 fully saturated rings. The summed E-state index contributed by atoms with van der Waals surface area (Å²) >= 11 is 0. The molecule has 1 aromatic heterocycles. The highest BCUT2D eigenvalue weighted by Gasteiger charge is 2.27. The number of benzene rings is 1. The number of alkyl halides is 3. The maximum atomic E-state index is 12.3. The number of esters is 1. The SMILES string of the molecule is Cc1cccc2c(=O)n(CCC(=O)OCC(=O)NCC(F)(F)F)cnc12. The first-order valence-corrected chi connectivity index (χ1v) is 7.61. The molecule has 140 valence electrons. The number of rotatable bonds is 6. The fourth-order valence-corrected chi connectivity index (χ4v) is 2.18. The van der Waals surface area contributed by atoms with Crippen molar-refractivity contribution in [1.29, 1.82) is 0 Å². The predicted octanol–water partition coefficient (Wildman–Crippen LogP) is 1.32. The van der Waals surface area contributed by atoms with Gasteiger partial charge in [0.2, 0.25) is 0 Å². The van der Waals surface area contributed by atoms with Crippen LogP contribution in [-0.2, 0) is 20.9 Å². The second-order valence-electron chi connectivity index (χ2n) is 5.52. The lowest BCUT2D eigenvalue weighted by molar-refractivity contribution is -0.151. The standard InChI is InChI=1S/C16H16F3N3O4/c1-10-3-2-4-11-14(10)21-9-22(15(11)25)6-5-13(24)26-7-12(23)20-8-16(17,18)19/h2-4,9H,5-8H2,1H3,(H,20,23). The van der Waals surface area contributed by atoms with Gasteiger partial charge in [0.05, 0.1) is 23.7 Å². The number of nitrogens with zero attached hydrogens (tertiary/aromatic N) is 2. The lowest BCUT2D eigenvalue weighted by atomic mass is 10.1. The average molecular weight is 371 g/mol. The van der Waals surface area contributed by atoms with Gasteiger partial charge in [-0.2, -0.15) is 13.2 Å². The highest BCUT2D eigenvalue weighted by atomic mass is 19.4. The molecule has 0 radical (unpaired) electrons. The molecule has 2 aromatic rings. The number of carbonyl (C=O) groups is 2. The lowest BCUT2D eigenvalue weighted by Crippen LogP contribution is -2.36. The van der Waals surface area contributed by atoms with Gasteiger partial charge < -0.3 is 10.1 Å². The Hall–Kier alpha value is -2.91. The van der Waals surface area contributed by atoms with Gasteiger partial charge in [-0.1, -0.05) is 12.1 Å². The van der Waals surface area contributed by atoms with Crippen molar-refractivity contribution in [2.75, 3.05) is 13.2 Å². The Morgan fingerprint density at radius 1 is 1.31 bits per heavy atom. The van der Waals surface area contributed by atoms with Crippen molar-refractivity contribution in [3.05, 3.63) is 40.4 Å². The zero-order valence-corrected chi connectivity index (χ0v) is 13.8. The average Bonchev–Trinajstić information content (AvgIpc) is 2.57. The van der Waals surface area contributed by atoms with Gasteiger partial charge in [0.1, 0.15) is 6.54 Å². The Kier molecular flexibility index (Phi) is 5.96. The summed E-state index contributed by atoms with van der Waals surface area (Å²) in [7, 11) is 0. The summed E-state index contributed by atoms with van der Waals surface area (Å²) in [4.78, 5) is 39.3. The third-order valence-electron chi connectivity index (χ3n) is 3.46. The van der Waals surface area contributed by atoms with E-state index in [2.05, 4.69) is 9.72 Å². The number of para-hydroxylation sites is 1. The Labute approximate surface area is 145 Å². The summed E-state index contributed by atoms with van der Waals surface area (Å²) < 4.78 is 41.6. The van der Waals surface area contributed by atoms with Crippen LogP contribution < -0.4 is 10.9 Å². The zero-order valence-electron chi connectivity index (χ0n) is 13.8. The van der Waals surface area contributed by atoms with Crippen molar-refractivity contribution in [3.8, 4) is 0 Å². The van der Waals surface area contributed by atoms with Crippen molar-refractivity contribution in [3.63, 3.8) is 0 Å². The van der Waals surface area contributed by atoms with Gasteiger partial charge in [-0.05, 0) is 18.6 Å². The van der Waals surface area contributed by atoms with Gasteiger partial charge in [-0.15, -0.1) is 0 Å². The Bertz CT molecular complexity index is 877. The van der Waals surface area contributed by atoms with Crippen LogP contribution in [0.25, 0.3) is 10.9 Å². The van der Waals surface area contributed by atoms with Crippen molar-refractivity contribution < 1.29 is 27.5 Å². The van der Waals surface area contributed by atoms with E-state index < -0.39 is 31.2 Å². The van der Waals surface area contributed by atoms with Crippen LogP contribution in [-0.4, -0.2) is 40.8 Å². The Balaban J connectivity index is 1.88. The van der Waals surface area contributed by atoms with Crippen LogP contribution in [0, 0.1) is 6.92 Å². The number of amides is 1. The molecule has 2 rings (SSSR count). The summed E-state index contributed by atoms with van der Waals surface area (Å²) in [5.74, 6) is -1.88. The molecular weight excluding hydrogens is 355 g/mol. The quantitative estimate of drug-likeness (QED) is 0.774. The van der Waals surface area contributed by atoms with Gasteiger partial charge in [0, 0.05) is 6.54 Å². The molecule has 1 amide bonds. The molecule has 0 saturated heterocycles. The van der Waals surface area contributed by atoms with Crippen LogP contribution in [0.1, 0.15) is 12.0 Å². The lowest BCUT2D eigenvalue weighted by Gasteiger charge is -2.09. The minimum Gasteiger partial charge on any atom is -0.456 e. The number of hydrogen-bond acceptors (Lipinski definition) is 5. The van der Waals surface area contributed by atoms with E-state index in [4.69, 9.17) is 0 Å². The molecule has 0 atom stereocenters. The maximum Gasteiger partial charge on any atom is 0.405 e. The van der Waals surface area contributed by atoms with E-state index in [0.717, 1.165) is 5.56 Å². The van der Waals surface area contributed by atoms with Crippen molar-refractivity contribution in [2.45, 2.75) is 26.1 Å². The van der Waals surface area contributed by atoms with E-state index in [1.807, 2.05) is 13.0 Å². The number of aromatic nitrogens is 2. The van der Waals surface area contributed by atoms with E-state index in [-0.39, 0.29) is 18.5 Å². The Morgan fingerprint density at radius 2 is 2.04 bits per heavy atom. The van der Waals surface area contributed by atoms with Crippen molar-refractivity contribution in [2.24, 2.45) is 0 Å². The third-order valence-corrected chi connectivity index (χ3v) is 3.46. The second-order valence-corrected chi connectivity index (χ2v) is 5.52. The number of fused-ring (bicyclic) bond motifs is 1. The first-order valence-electron chi connectivity index (χ1n) is 7.61. The molecule has 26 heavy (non-hydrogen) atoms. The highest BCUT2D eigenvalue weighted by Crippen LogP contribution is 2.12. The molecule has 0 saturated carbocycles. The molecule has 0 aliphatic rings. The first kappa shape index (κ1) is 19.4. The van der Waals surface area contributed by atoms with Crippen LogP contribution >= 0.6 is 0 Å². The maximum absolute atomic E-state index is 12.3. The zero-order chi connectivity index (χ0) is 19.3. The van der Waals surface area contributed by atoms with Crippen LogP contribution in [0.5, 0.6) is 0 Å². The number of nitrogens with one attached hydrogen (secondary N) is 1. The number of aryl methyl sites for hydroxylation is 2. The second kappa shape index (κ2) is 7.98. The van der Waals surface area contributed by atoms with Gasteiger partial charge >= 0.3 is 12.1 Å². The summed E-state index contributed by atoms with van der Waals surface area (Å²) in [6, 6.07) is 5.16. The normalized spacial score (nSPS) is 11.4. The van der Waals surface area contributed by atoms with Gasteiger partial charge in [0.15, 0.2) is 6.61 Å². The van der Waals surface area contributed by atoms with Crippen LogP contribution in [0.15, 0.2) is 29.3 Å². The molecule has 0 aliphatic carbocycles. The van der Waals surface area contributed by atoms with E-state index in [1.165, 1.54) is 10.9 Å². The fraction of sp³-hybridized carbons (Fsp3) is 0.375. The smallest absolute Gasteiger partial charge is 0.405 e. The molecular formula is C16H16F3N3O4. The molecule has 1 N–H and O–H groups in total. The number of ether oxygens (including phenoxy) is 1. The van der Waals surface area contributed by atoms with E-state index in [1.54, 1.807) is 17.4 Å². The van der Waals surface area contributed by atoms with E-state index >= 15 is 0 Å². The van der Waals surface area contributed by atoms with Gasteiger partial charge in [0.25, 0.3) is 11.5 Å². The minimum atomic E-state index is -4.54. The third kappa shape index (κ3) is 5.30. The molecule has 1 aromatic carbocycles. The van der Waals surface area contributed by atoms with Crippen molar-refractivity contribution in [1.82, 2.24) is 14.9 Å². The van der Waals surface area contributed by atoms with Crippen LogP contribution in [0.3, 0.4) is 0 Å². The molecule has 0 aliphatic heterocycles. The monoisotopic (exact) mass is 371 g/mol. The van der Waals surface area contributed by atoms with E-state index in [0.29, 0.717) is 10.9 Å². The summed E-state index contributed by atoms with van der Waals surface area (Å²) in [6.07, 6.45) is -3.46. The number of halogens is 3. The molecule has 1 heterocycles. The fourth-order valence-electron chi connectivity index (χ4n) is 2.18. The number of carbonyl (C=O) groups excluding carboxylic acids is 2. The summed E-state index contributed by atoms with van der Waals surface area (Å²) in [6.45, 7) is -0.529. The van der Waals surface area contributed by atoms with Crippen LogP contribution in [0.2, 0.25) is 0 Å². The highest BCUT2D eigenvalue weighted by molar-refractivity contribution is 5.81. The first-order chi connectivity index (χ1) is 12.2. The molecule has 10 heteroatoms. The molecule has 7 nitrogen and oxygen atoms in total. The Morgan fingerprint density at radius 3 is 2.73 bits per heavy atom. The van der Waals surface area contributed by atoms with Gasteiger partial charge in [-0.3, -0.25) is 19.0 Å². The minimum absolute atomic E-state index is 0.0290. The van der Waals surface area contributed by atoms with Crippen LogP contribution in [0.4, 0.5) is 13.2 Å². The largest absolute Gasteiger partial charge is 0.456 e. The van der Waals surface area contributed by atoms with Gasteiger partial charge in [-0.25, -0.2) is 4.98 Å².